The molecule has 0 aliphatic heterocycles. The highest BCUT2D eigenvalue weighted by atomic mass is 19.4. The molecular formula is C23H18BF5N4. The predicted octanol–water partition coefficient (Wildman–Crippen LogP) is 3.61. The maximum Gasteiger partial charge on any atom is 0.435 e. The molecule has 10 heteroatoms. The van der Waals surface area contributed by atoms with E-state index in [1.165, 1.54) is 12.1 Å². The van der Waals surface area contributed by atoms with Crippen LogP contribution >= 0.6 is 0 Å². The summed E-state index contributed by atoms with van der Waals surface area (Å²) in [5, 5.41) is 5.96. The van der Waals surface area contributed by atoms with Crippen LogP contribution in [0.15, 0.2) is 48.5 Å². The number of pyridine rings is 2. The van der Waals surface area contributed by atoms with Crippen molar-refractivity contribution in [3.05, 3.63) is 82.8 Å². The Bertz CT molecular complexity index is 1310. The summed E-state index contributed by atoms with van der Waals surface area (Å²) < 4.78 is 67.3. The van der Waals surface area contributed by atoms with Gasteiger partial charge in [-0.05, 0) is 51.1 Å². The molecule has 0 fully saturated rings. The number of aromatic nitrogens is 4. The van der Waals surface area contributed by atoms with Gasteiger partial charge in [0.2, 0.25) is 11.9 Å². The second kappa shape index (κ2) is 8.42. The lowest BCUT2D eigenvalue weighted by atomic mass is 9.38. The molecule has 4 rings (SSSR count). The van der Waals surface area contributed by atoms with Gasteiger partial charge in [-0.1, -0.05) is 40.4 Å². The number of halogens is 5. The lowest BCUT2D eigenvalue weighted by Crippen LogP contribution is -2.55. The van der Waals surface area contributed by atoms with Gasteiger partial charge in [-0.3, -0.25) is 10.1 Å². The molecule has 0 aliphatic carbocycles. The normalized spacial score (nSPS) is 11.6. The highest BCUT2D eigenvalue weighted by molar-refractivity contribution is 6.95. The van der Waals surface area contributed by atoms with Crippen molar-refractivity contribution in [1.29, 1.82) is 0 Å². The first-order valence-corrected chi connectivity index (χ1v) is 10.0. The lowest BCUT2D eigenvalue weighted by molar-refractivity contribution is -0.141. The van der Waals surface area contributed by atoms with Gasteiger partial charge in [0.1, 0.15) is 0 Å². The largest absolute Gasteiger partial charge is 0.435 e. The number of nitrogens with zero attached hydrogens (tertiary/aromatic N) is 3. The van der Waals surface area contributed by atoms with Crippen molar-refractivity contribution in [1.82, 2.24) is 20.2 Å². The van der Waals surface area contributed by atoms with E-state index in [1.807, 2.05) is 32.9 Å². The molecule has 0 unspecified atom stereocenters. The smallest absolute Gasteiger partial charge is 0.290 e. The van der Waals surface area contributed by atoms with Gasteiger partial charge in [0, 0.05) is 11.2 Å². The minimum atomic E-state index is -4.62. The molecule has 3 aromatic heterocycles. The van der Waals surface area contributed by atoms with Gasteiger partial charge in [0.25, 0.3) is 6.71 Å². The summed E-state index contributed by atoms with van der Waals surface area (Å²) in [5.74, 6) is -1.99. The molecule has 0 aliphatic rings. The molecule has 0 spiro atoms. The first-order valence-electron chi connectivity index (χ1n) is 10.0. The van der Waals surface area contributed by atoms with Crippen LogP contribution in [0.25, 0.3) is 11.3 Å². The Balaban J connectivity index is 1.92. The summed E-state index contributed by atoms with van der Waals surface area (Å²) in [6, 6.07) is 11.9. The average molecular weight is 456 g/mol. The molecule has 0 amide bonds. The van der Waals surface area contributed by atoms with Crippen LogP contribution < -0.4 is 16.6 Å². The van der Waals surface area contributed by atoms with Crippen molar-refractivity contribution in [2.75, 3.05) is 0 Å². The molecule has 168 valence electrons. The van der Waals surface area contributed by atoms with Crippen LogP contribution in [0.1, 0.15) is 22.4 Å². The third kappa shape index (κ3) is 4.51. The van der Waals surface area contributed by atoms with E-state index in [-0.39, 0.29) is 16.9 Å². The summed E-state index contributed by atoms with van der Waals surface area (Å²) in [7, 11) is 0. The van der Waals surface area contributed by atoms with Gasteiger partial charge < -0.3 is 0 Å². The lowest BCUT2D eigenvalue weighted by Gasteiger charge is -2.19. The Morgan fingerprint density at radius 1 is 0.879 bits per heavy atom. The van der Waals surface area contributed by atoms with E-state index in [0.717, 1.165) is 34.3 Å². The van der Waals surface area contributed by atoms with Gasteiger partial charge in [-0.2, -0.15) is 32.0 Å². The SMILES string of the molecule is Cc1cc(C)c(B(c2cccc(-c3ccc(F)nc3F)n2)c2cc(C(F)(F)F)n[nH]2)c(C)c1. The molecule has 4 aromatic rings. The molecule has 33 heavy (non-hydrogen) atoms. The number of aryl methyl sites for hydroxylation is 3. The second-order valence-electron chi connectivity index (χ2n) is 7.87. The van der Waals surface area contributed by atoms with Crippen molar-refractivity contribution in [3.8, 4) is 11.3 Å². The van der Waals surface area contributed by atoms with Crippen molar-refractivity contribution >= 4 is 23.4 Å². The number of H-pyrrole nitrogens is 1. The standard InChI is InChI=1S/C23H18BF5N4/c1-12-9-13(2)21(14(3)10-12)24(19-11-17(32-33-19)23(27,28)29)18-6-4-5-16(30-18)15-7-8-20(25)31-22(15)26/h4-11H,1-3H3,(H,32,33). The Morgan fingerprint density at radius 2 is 1.58 bits per heavy atom. The number of hydrogen-bond donors (Lipinski definition) is 1. The summed E-state index contributed by atoms with van der Waals surface area (Å²) >= 11 is 0. The van der Waals surface area contributed by atoms with Gasteiger partial charge >= 0.3 is 6.18 Å². The number of nitrogens with one attached hydrogen (secondary N) is 1. The van der Waals surface area contributed by atoms with Crippen LogP contribution in [0.2, 0.25) is 0 Å². The van der Waals surface area contributed by atoms with Crippen LogP contribution in [0.3, 0.4) is 0 Å². The molecule has 0 saturated carbocycles. The highest BCUT2D eigenvalue weighted by Gasteiger charge is 2.37. The summed E-state index contributed by atoms with van der Waals surface area (Å²) in [4.78, 5) is 7.73. The summed E-state index contributed by atoms with van der Waals surface area (Å²) in [6.07, 6.45) is -4.62. The molecular weight excluding hydrogens is 438 g/mol. The number of benzene rings is 1. The first-order chi connectivity index (χ1) is 15.5. The first kappa shape index (κ1) is 22.6. The highest BCUT2D eigenvalue weighted by Crippen LogP contribution is 2.26. The minimum Gasteiger partial charge on any atom is -0.290 e. The Kier molecular flexibility index (Phi) is 5.77. The maximum absolute atomic E-state index is 14.3. The van der Waals surface area contributed by atoms with Crippen LogP contribution in [-0.2, 0) is 6.18 Å². The fourth-order valence-corrected chi connectivity index (χ4v) is 4.10. The van der Waals surface area contributed by atoms with Crippen LogP contribution in [0.5, 0.6) is 0 Å². The van der Waals surface area contributed by atoms with Gasteiger partial charge in [0.15, 0.2) is 5.69 Å². The molecule has 3 heterocycles. The van der Waals surface area contributed by atoms with Crippen LogP contribution in [-0.4, -0.2) is 26.9 Å². The molecule has 4 nitrogen and oxygen atoms in total. The third-order valence-electron chi connectivity index (χ3n) is 5.38. The fraction of sp³-hybridized carbons (Fsp3) is 0.174. The second-order valence-corrected chi connectivity index (χ2v) is 7.87. The Labute approximate surface area is 187 Å². The van der Waals surface area contributed by atoms with Crippen LogP contribution in [0, 0.1) is 32.7 Å². The number of alkyl halides is 3. The van der Waals surface area contributed by atoms with E-state index in [2.05, 4.69) is 20.2 Å². The van der Waals surface area contributed by atoms with Gasteiger partial charge in [-0.15, -0.1) is 0 Å². The molecule has 1 N–H and O–H groups in total. The van der Waals surface area contributed by atoms with Crippen molar-refractivity contribution < 1.29 is 22.0 Å². The van der Waals surface area contributed by atoms with E-state index in [4.69, 9.17) is 0 Å². The predicted molar refractivity (Wildman–Crippen MR) is 116 cm³/mol. The zero-order valence-electron chi connectivity index (χ0n) is 17.9. The summed E-state index contributed by atoms with van der Waals surface area (Å²) in [5.41, 5.74) is 3.19. The maximum atomic E-state index is 14.3. The van der Waals surface area contributed by atoms with E-state index in [1.54, 1.807) is 12.1 Å². The fourth-order valence-electron chi connectivity index (χ4n) is 4.10. The topological polar surface area (TPSA) is 54.5 Å². The van der Waals surface area contributed by atoms with E-state index in [9.17, 15) is 22.0 Å². The average Bonchev–Trinajstić information content (AvgIpc) is 3.21. The monoisotopic (exact) mass is 456 g/mol. The van der Waals surface area contributed by atoms with Crippen molar-refractivity contribution in [2.24, 2.45) is 0 Å². The van der Waals surface area contributed by atoms with Gasteiger partial charge in [-0.25, -0.2) is 0 Å². The van der Waals surface area contributed by atoms with E-state index in [0.29, 0.717) is 5.59 Å². The van der Waals surface area contributed by atoms with E-state index < -0.39 is 30.5 Å². The molecule has 1 aromatic carbocycles. The van der Waals surface area contributed by atoms with Crippen molar-refractivity contribution in [3.63, 3.8) is 0 Å². The minimum absolute atomic E-state index is 0.0186. The third-order valence-corrected chi connectivity index (χ3v) is 5.38. The molecule has 0 bridgehead atoms. The zero-order chi connectivity index (χ0) is 23.9. The number of aromatic amines is 1. The Morgan fingerprint density at radius 3 is 2.18 bits per heavy atom. The van der Waals surface area contributed by atoms with E-state index >= 15 is 0 Å². The zero-order valence-corrected chi connectivity index (χ0v) is 17.9. The molecule has 0 radical (unpaired) electrons. The van der Waals surface area contributed by atoms with Crippen molar-refractivity contribution in [2.45, 2.75) is 26.9 Å². The van der Waals surface area contributed by atoms with Gasteiger partial charge in [0.05, 0.1) is 11.3 Å². The van der Waals surface area contributed by atoms with Crippen LogP contribution in [0.4, 0.5) is 22.0 Å². The molecule has 0 atom stereocenters. The summed E-state index contributed by atoms with van der Waals surface area (Å²) in [6.45, 7) is 4.94. The molecule has 0 saturated heterocycles. The quantitative estimate of drug-likeness (QED) is 0.290. The Hall–Kier alpha value is -3.56. The number of hydrogen-bond acceptors (Lipinski definition) is 3. The number of rotatable bonds is 4.